The van der Waals surface area contributed by atoms with Crippen molar-refractivity contribution in [2.24, 2.45) is 0 Å². The Labute approximate surface area is 160 Å². The van der Waals surface area contributed by atoms with Crippen LogP contribution in [0.4, 0.5) is 10.1 Å². The molecule has 0 spiro atoms. The highest BCUT2D eigenvalue weighted by Crippen LogP contribution is 2.24. The topological polar surface area (TPSA) is 88.3 Å². The quantitative estimate of drug-likeness (QED) is 0.754. The summed E-state index contributed by atoms with van der Waals surface area (Å²) in [6.07, 6.45) is 1.68. The lowest BCUT2D eigenvalue weighted by Crippen LogP contribution is -2.25. The summed E-state index contributed by atoms with van der Waals surface area (Å²) in [6.45, 7) is 4.03. The number of hydrogen-bond donors (Lipinski definition) is 1. The molecule has 0 aliphatic carbocycles. The van der Waals surface area contributed by atoms with Gasteiger partial charge in [0.05, 0.1) is 12.2 Å². The molecule has 142 valence electrons. The number of aromatic nitrogens is 2. The Morgan fingerprint density at radius 1 is 1.21 bits per heavy atom. The smallest absolute Gasteiger partial charge is 0.277 e. The van der Waals surface area contributed by atoms with Crippen LogP contribution in [0.2, 0.25) is 0 Å². The summed E-state index contributed by atoms with van der Waals surface area (Å²) < 4.78 is 19.4. The Morgan fingerprint density at radius 2 is 2.04 bits per heavy atom. The highest BCUT2D eigenvalue weighted by molar-refractivity contribution is 6.04. The second-order valence-corrected chi connectivity index (χ2v) is 6.59. The van der Waals surface area contributed by atoms with Crippen molar-refractivity contribution in [2.45, 2.75) is 26.9 Å². The fourth-order valence-electron chi connectivity index (χ4n) is 3.24. The third-order valence-electron chi connectivity index (χ3n) is 4.49. The maximum atomic E-state index is 14.1. The van der Waals surface area contributed by atoms with E-state index in [1.165, 1.54) is 6.07 Å². The summed E-state index contributed by atoms with van der Waals surface area (Å²) in [6, 6.07) is 7.48. The van der Waals surface area contributed by atoms with Crippen LogP contribution in [0.1, 0.15) is 43.8 Å². The zero-order chi connectivity index (χ0) is 19.8. The summed E-state index contributed by atoms with van der Waals surface area (Å²) in [5.74, 6) is -0.758. The summed E-state index contributed by atoms with van der Waals surface area (Å²) in [5.41, 5.74) is 2.24. The average molecular weight is 380 g/mol. The molecule has 2 amide bonds. The second kappa shape index (κ2) is 6.88. The molecule has 1 N–H and O–H groups in total. The van der Waals surface area contributed by atoms with Crippen molar-refractivity contribution in [3.05, 3.63) is 76.5 Å². The van der Waals surface area contributed by atoms with Crippen LogP contribution in [-0.4, -0.2) is 26.7 Å². The summed E-state index contributed by atoms with van der Waals surface area (Å²) >= 11 is 0. The molecule has 2 aromatic heterocycles. The van der Waals surface area contributed by atoms with Gasteiger partial charge in [-0.2, -0.15) is 0 Å². The van der Waals surface area contributed by atoms with Gasteiger partial charge >= 0.3 is 0 Å². The number of rotatable bonds is 3. The van der Waals surface area contributed by atoms with E-state index >= 15 is 0 Å². The number of fused-ring (bicyclic) bond motifs is 1. The third-order valence-corrected chi connectivity index (χ3v) is 4.49. The monoisotopic (exact) mass is 380 g/mol. The van der Waals surface area contributed by atoms with E-state index in [0.717, 1.165) is 23.4 Å². The Balaban J connectivity index is 1.55. The highest BCUT2D eigenvalue weighted by Gasteiger charge is 2.26. The van der Waals surface area contributed by atoms with E-state index in [1.807, 2.05) is 12.1 Å². The molecule has 3 heterocycles. The lowest BCUT2D eigenvalue weighted by Gasteiger charge is -2.16. The van der Waals surface area contributed by atoms with Gasteiger partial charge in [0.2, 0.25) is 0 Å². The molecule has 1 aliphatic rings. The van der Waals surface area contributed by atoms with Crippen molar-refractivity contribution in [3.8, 4) is 0 Å². The molecule has 0 bridgehead atoms. The highest BCUT2D eigenvalue weighted by atomic mass is 19.1. The first-order chi connectivity index (χ1) is 13.4. The zero-order valence-corrected chi connectivity index (χ0v) is 15.3. The number of pyridine rings is 1. The van der Waals surface area contributed by atoms with E-state index in [-0.39, 0.29) is 22.9 Å². The van der Waals surface area contributed by atoms with Crippen molar-refractivity contribution in [1.29, 1.82) is 0 Å². The van der Waals surface area contributed by atoms with Gasteiger partial charge in [-0.3, -0.25) is 14.6 Å². The van der Waals surface area contributed by atoms with E-state index in [0.29, 0.717) is 24.7 Å². The fraction of sp³-hybridized carbons (Fsp3) is 0.200. The van der Waals surface area contributed by atoms with Gasteiger partial charge in [-0.1, -0.05) is 6.07 Å². The van der Waals surface area contributed by atoms with Crippen LogP contribution >= 0.6 is 0 Å². The first kappa shape index (κ1) is 17.8. The predicted molar refractivity (Wildman–Crippen MR) is 98.1 cm³/mol. The maximum absolute atomic E-state index is 14.1. The molecule has 1 aliphatic heterocycles. The molecule has 0 fully saturated rings. The SMILES string of the molecule is Cc1nc(C(=O)Nc2cc(F)cc(C(=O)N3Cc4cccnc4C3)c2)c(C)o1. The first-order valence-corrected chi connectivity index (χ1v) is 8.69. The Hall–Kier alpha value is -3.55. The van der Waals surface area contributed by atoms with E-state index in [2.05, 4.69) is 15.3 Å². The normalized spacial score (nSPS) is 12.8. The summed E-state index contributed by atoms with van der Waals surface area (Å²) in [4.78, 5) is 35.1. The van der Waals surface area contributed by atoms with Crippen molar-refractivity contribution in [3.63, 3.8) is 0 Å². The molecular weight excluding hydrogens is 363 g/mol. The Bertz CT molecular complexity index is 1070. The Morgan fingerprint density at radius 3 is 2.75 bits per heavy atom. The largest absolute Gasteiger partial charge is 0.445 e. The number of carbonyl (C=O) groups excluding carboxylic acids is 2. The molecule has 0 unspecified atom stereocenters. The van der Waals surface area contributed by atoms with Gasteiger partial charge in [-0.05, 0) is 36.8 Å². The van der Waals surface area contributed by atoms with Gasteiger partial charge < -0.3 is 14.6 Å². The lowest BCUT2D eigenvalue weighted by atomic mass is 10.1. The van der Waals surface area contributed by atoms with Crippen molar-refractivity contribution >= 4 is 17.5 Å². The van der Waals surface area contributed by atoms with Crippen LogP contribution in [0.5, 0.6) is 0 Å². The van der Waals surface area contributed by atoms with Gasteiger partial charge in [0.15, 0.2) is 11.6 Å². The van der Waals surface area contributed by atoms with Crippen LogP contribution in [0.25, 0.3) is 0 Å². The molecule has 4 rings (SSSR count). The van der Waals surface area contributed by atoms with Gasteiger partial charge in [0.25, 0.3) is 11.8 Å². The maximum Gasteiger partial charge on any atom is 0.277 e. The zero-order valence-electron chi connectivity index (χ0n) is 15.3. The number of nitrogens with one attached hydrogen (secondary N) is 1. The Kier molecular flexibility index (Phi) is 4.38. The van der Waals surface area contributed by atoms with E-state index < -0.39 is 11.7 Å². The van der Waals surface area contributed by atoms with Crippen LogP contribution in [0.15, 0.2) is 40.9 Å². The molecule has 0 saturated carbocycles. The number of anilines is 1. The van der Waals surface area contributed by atoms with Crippen LogP contribution in [0.3, 0.4) is 0 Å². The number of oxazole rings is 1. The van der Waals surface area contributed by atoms with Crippen LogP contribution in [0, 0.1) is 19.7 Å². The van der Waals surface area contributed by atoms with E-state index in [4.69, 9.17) is 4.42 Å². The summed E-state index contributed by atoms with van der Waals surface area (Å²) in [7, 11) is 0. The number of aryl methyl sites for hydroxylation is 2. The molecule has 8 heteroatoms. The van der Waals surface area contributed by atoms with Gasteiger partial charge in [-0.25, -0.2) is 9.37 Å². The average Bonchev–Trinajstić information content (AvgIpc) is 3.23. The van der Waals surface area contributed by atoms with E-state index in [9.17, 15) is 14.0 Å². The number of hydrogen-bond acceptors (Lipinski definition) is 5. The van der Waals surface area contributed by atoms with Crippen molar-refractivity contribution in [2.75, 3.05) is 5.32 Å². The number of carbonyl (C=O) groups is 2. The van der Waals surface area contributed by atoms with E-state index in [1.54, 1.807) is 24.9 Å². The minimum absolute atomic E-state index is 0.121. The molecule has 0 atom stereocenters. The molecular formula is C20H17FN4O3. The third kappa shape index (κ3) is 3.36. The van der Waals surface area contributed by atoms with Crippen LogP contribution < -0.4 is 5.32 Å². The number of benzene rings is 1. The van der Waals surface area contributed by atoms with Gasteiger partial charge in [0.1, 0.15) is 11.6 Å². The predicted octanol–water partition coefficient (Wildman–Crippen LogP) is 3.23. The molecule has 0 saturated heterocycles. The standard InChI is InChI=1S/C20H17FN4O3/c1-11-18(23-12(2)28-11)19(26)24-16-7-14(6-15(21)8-16)20(27)25-9-13-4-3-5-22-17(13)10-25/h3-8H,9-10H2,1-2H3,(H,24,26). The molecule has 28 heavy (non-hydrogen) atoms. The van der Waals surface area contributed by atoms with Gasteiger partial charge in [0, 0.05) is 30.9 Å². The van der Waals surface area contributed by atoms with Crippen molar-refractivity contribution in [1.82, 2.24) is 14.9 Å². The van der Waals surface area contributed by atoms with Gasteiger partial charge in [-0.15, -0.1) is 0 Å². The molecule has 1 aromatic carbocycles. The lowest BCUT2D eigenvalue weighted by molar-refractivity contribution is 0.0749. The second-order valence-electron chi connectivity index (χ2n) is 6.59. The number of nitrogens with zero attached hydrogens (tertiary/aromatic N) is 3. The first-order valence-electron chi connectivity index (χ1n) is 8.69. The molecule has 7 nitrogen and oxygen atoms in total. The minimum Gasteiger partial charge on any atom is -0.445 e. The fourth-order valence-corrected chi connectivity index (χ4v) is 3.24. The summed E-state index contributed by atoms with van der Waals surface area (Å²) in [5, 5.41) is 2.57. The number of halogens is 1. The van der Waals surface area contributed by atoms with Crippen LogP contribution in [-0.2, 0) is 13.1 Å². The molecule has 0 radical (unpaired) electrons. The molecule has 3 aromatic rings. The number of amides is 2. The van der Waals surface area contributed by atoms with Crippen molar-refractivity contribution < 1.29 is 18.4 Å². The minimum atomic E-state index is -0.621.